The van der Waals surface area contributed by atoms with Crippen molar-refractivity contribution in [1.82, 2.24) is 20.9 Å². The monoisotopic (exact) mass is 559 g/mol. The molecule has 8 nitrogen and oxygen atoms in total. The predicted octanol–water partition coefficient (Wildman–Crippen LogP) is 4.21. The van der Waals surface area contributed by atoms with Crippen molar-refractivity contribution in [2.75, 3.05) is 19.6 Å². The molecule has 1 aromatic carbocycles. The molecule has 0 saturated carbocycles. The summed E-state index contributed by atoms with van der Waals surface area (Å²) in [5.74, 6) is 0.919. The average molecular weight is 559 g/mol. The number of rotatable bonds is 8. The lowest BCUT2D eigenvalue weighted by Crippen LogP contribution is -2.42. The molecule has 0 spiro atoms. The Morgan fingerprint density at radius 2 is 1.88 bits per heavy atom. The molecule has 1 aromatic heterocycles. The molecule has 0 atom stereocenters. The first-order valence-electron chi connectivity index (χ1n) is 10.1. The van der Waals surface area contributed by atoms with E-state index in [1.54, 1.807) is 24.4 Å². The number of benzene rings is 1. The van der Waals surface area contributed by atoms with Gasteiger partial charge in [-0.1, -0.05) is 12.1 Å². The number of hydrogen-bond acceptors (Lipinski definition) is 5. The lowest BCUT2D eigenvalue weighted by Gasteiger charge is -2.20. The van der Waals surface area contributed by atoms with Gasteiger partial charge < -0.3 is 25.4 Å². The summed E-state index contributed by atoms with van der Waals surface area (Å²) in [6.07, 6.45) is 1.14. The average Bonchev–Trinajstić information content (AvgIpc) is 2.69. The van der Waals surface area contributed by atoms with E-state index in [0.717, 1.165) is 5.56 Å². The van der Waals surface area contributed by atoms with Gasteiger partial charge in [-0.25, -0.2) is 19.2 Å². The highest BCUT2D eigenvalue weighted by Gasteiger charge is 2.15. The van der Waals surface area contributed by atoms with E-state index in [4.69, 9.17) is 9.47 Å². The Kier molecular flexibility index (Phi) is 11.7. The molecule has 10 heteroatoms. The number of nitrogens with zero attached hydrogens (tertiary/aromatic N) is 2. The Hall–Kier alpha value is -2.63. The van der Waals surface area contributed by atoms with Crippen molar-refractivity contribution in [2.45, 2.75) is 39.8 Å². The number of nitrogens with one attached hydrogen (secondary N) is 3. The second-order valence-electron chi connectivity index (χ2n) is 7.58. The highest BCUT2D eigenvalue weighted by atomic mass is 127. The van der Waals surface area contributed by atoms with Crippen molar-refractivity contribution in [3.05, 3.63) is 54.0 Å². The SMILES string of the molecule is CCNC(=NCc1cccnc1Oc1cccc(F)c1)NCCNC(=O)OC(C)(C)C.I. The van der Waals surface area contributed by atoms with E-state index in [0.29, 0.717) is 43.8 Å². The van der Waals surface area contributed by atoms with Gasteiger partial charge >= 0.3 is 6.09 Å². The lowest BCUT2D eigenvalue weighted by molar-refractivity contribution is 0.0529. The number of carbonyl (C=O) groups excluding carboxylic acids is 1. The summed E-state index contributed by atoms with van der Waals surface area (Å²) in [5, 5.41) is 8.97. The molecular formula is C22H31FIN5O3. The first-order chi connectivity index (χ1) is 14.8. The van der Waals surface area contributed by atoms with Crippen LogP contribution in [0.15, 0.2) is 47.6 Å². The minimum absolute atomic E-state index is 0. The van der Waals surface area contributed by atoms with Crippen molar-refractivity contribution in [1.29, 1.82) is 0 Å². The van der Waals surface area contributed by atoms with Gasteiger partial charge in [0.2, 0.25) is 5.88 Å². The van der Waals surface area contributed by atoms with E-state index in [2.05, 4.69) is 25.9 Å². The van der Waals surface area contributed by atoms with Gasteiger partial charge in [0, 0.05) is 37.5 Å². The number of guanidine groups is 1. The van der Waals surface area contributed by atoms with E-state index in [1.165, 1.54) is 12.1 Å². The summed E-state index contributed by atoms with van der Waals surface area (Å²) in [6.45, 7) is 9.20. The third-order valence-electron chi connectivity index (χ3n) is 3.70. The van der Waals surface area contributed by atoms with Crippen LogP contribution in [0.2, 0.25) is 0 Å². The first-order valence-corrected chi connectivity index (χ1v) is 10.1. The van der Waals surface area contributed by atoms with E-state index in [9.17, 15) is 9.18 Å². The lowest BCUT2D eigenvalue weighted by atomic mass is 10.2. The van der Waals surface area contributed by atoms with Crippen molar-refractivity contribution in [3.8, 4) is 11.6 Å². The predicted molar refractivity (Wildman–Crippen MR) is 133 cm³/mol. The number of amides is 1. The number of hydrogen-bond donors (Lipinski definition) is 3. The van der Waals surface area contributed by atoms with Crippen LogP contribution in [0.4, 0.5) is 9.18 Å². The Morgan fingerprint density at radius 1 is 1.12 bits per heavy atom. The molecule has 32 heavy (non-hydrogen) atoms. The zero-order chi connectivity index (χ0) is 22.7. The summed E-state index contributed by atoms with van der Waals surface area (Å²) in [5.41, 5.74) is 0.207. The van der Waals surface area contributed by atoms with Crippen LogP contribution in [0, 0.1) is 5.82 Å². The fraction of sp³-hybridized carbons (Fsp3) is 0.409. The number of carbonyl (C=O) groups is 1. The number of aromatic nitrogens is 1. The zero-order valence-electron chi connectivity index (χ0n) is 18.8. The molecule has 0 aliphatic carbocycles. The molecule has 2 rings (SSSR count). The van der Waals surface area contributed by atoms with Gasteiger partial charge in [-0.3, -0.25) is 0 Å². The molecule has 176 valence electrons. The van der Waals surface area contributed by atoms with Crippen LogP contribution in [-0.4, -0.2) is 42.3 Å². The molecule has 0 unspecified atom stereocenters. The Bertz CT molecular complexity index is 890. The maximum Gasteiger partial charge on any atom is 0.407 e. The number of pyridine rings is 1. The van der Waals surface area contributed by atoms with Gasteiger partial charge in [-0.2, -0.15) is 0 Å². The van der Waals surface area contributed by atoms with Gasteiger partial charge in [0.25, 0.3) is 0 Å². The van der Waals surface area contributed by atoms with E-state index in [-0.39, 0.29) is 29.8 Å². The quantitative estimate of drug-likeness (QED) is 0.194. The number of ether oxygens (including phenoxy) is 2. The minimum Gasteiger partial charge on any atom is -0.444 e. The zero-order valence-corrected chi connectivity index (χ0v) is 21.1. The molecule has 0 aliphatic heterocycles. The molecule has 3 N–H and O–H groups in total. The normalized spacial score (nSPS) is 11.2. The third kappa shape index (κ3) is 10.6. The summed E-state index contributed by atoms with van der Waals surface area (Å²) < 4.78 is 24.3. The van der Waals surface area contributed by atoms with Crippen LogP contribution in [-0.2, 0) is 11.3 Å². The second-order valence-corrected chi connectivity index (χ2v) is 7.58. The highest BCUT2D eigenvalue weighted by Crippen LogP contribution is 2.23. The van der Waals surface area contributed by atoms with Crippen LogP contribution in [0.3, 0.4) is 0 Å². The van der Waals surface area contributed by atoms with Crippen LogP contribution in [0.5, 0.6) is 11.6 Å². The fourth-order valence-corrected chi connectivity index (χ4v) is 2.44. The standard InChI is InChI=1S/C22H30FN5O3.HI/c1-5-24-20(26-12-13-27-21(29)31-22(2,3)4)28-15-16-8-7-11-25-19(16)30-18-10-6-9-17(23)14-18;/h6-11,14H,5,12-13,15H2,1-4H3,(H,27,29)(H2,24,26,28);1H. The van der Waals surface area contributed by atoms with Crippen LogP contribution < -0.4 is 20.7 Å². The molecule has 0 aliphatic rings. The van der Waals surface area contributed by atoms with Gasteiger partial charge in [0.1, 0.15) is 17.2 Å². The number of aliphatic imine (C=N–C) groups is 1. The number of halogens is 2. The Morgan fingerprint density at radius 3 is 2.56 bits per heavy atom. The van der Waals surface area contributed by atoms with Crippen molar-refractivity contribution < 1.29 is 18.7 Å². The summed E-state index contributed by atoms with van der Waals surface area (Å²) in [6, 6.07) is 9.51. The smallest absolute Gasteiger partial charge is 0.407 e. The summed E-state index contributed by atoms with van der Waals surface area (Å²) in [4.78, 5) is 20.5. The van der Waals surface area contributed by atoms with Crippen LogP contribution in [0.25, 0.3) is 0 Å². The maximum absolute atomic E-state index is 13.4. The molecular weight excluding hydrogens is 528 g/mol. The Labute approximate surface area is 205 Å². The van der Waals surface area contributed by atoms with Crippen molar-refractivity contribution >= 4 is 36.0 Å². The molecule has 0 radical (unpaired) electrons. The maximum atomic E-state index is 13.4. The molecule has 0 bridgehead atoms. The van der Waals surface area contributed by atoms with Gasteiger partial charge in [0.05, 0.1) is 6.54 Å². The second kappa shape index (κ2) is 13.7. The van der Waals surface area contributed by atoms with Gasteiger partial charge in [-0.15, -0.1) is 24.0 Å². The van der Waals surface area contributed by atoms with Gasteiger partial charge in [0.15, 0.2) is 5.96 Å². The fourth-order valence-electron chi connectivity index (χ4n) is 2.44. The van der Waals surface area contributed by atoms with E-state index >= 15 is 0 Å². The van der Waals surface area contributed by atoms with Crippen LogP contribution >= 0.6 is 24.0 Å². The first kappa shape index (κ1) is 27.4. The highest BCUT2D eigenvalue weighted by molar-refractivity contribution is 14.0. The third-order valence-corrected chi connectivity index (χ3v) is 3.70. The topological polar surface area (TPSA) is 96.9 Å². The largest absolute Gasteiger partial charge is 0.444 e. The minimum atomic E-state index is -0.539. The summed E-state index contributed by atoms with van der Waals surface area (Å²) >= 11 is 0. The molecule has 0 fully saturated rings. The van der Waals surface area contributed by atoms with Crippen LogP contribution in [0.1, 0.15) is 33.3 Å². The van der Waals surface area contributed by atoms with Gasteiger partial charge in [-0.05, 0) is 45.9 Å². The van der Waals surface area contributed by atoms with Crippen molar-refractivity contribution in [3.63, 3.8) is 0 Å². The Balaban J connectivity index is 0.00000512. The number of alkyl carbamates (subject to hydrolysis) is 1. The summed E-state index contributed by atoms with van der Waals surface area (Å²) in [7, 11) is 0. The molecule has 1 amide bonds. The van der Waals surface area contributed by atoms with E-state index in [1.807, 2.05) is 33.8 Å². The van der Waals surface area contributed by atoms with Crippen molar-refractivity contribution in [2.24, 2.45) is 4.99 Å². The van der Waals surface area contributed by atoms with E-state index < -0.39 is 11.7 Å². The molecule has 1 heterocycles. The molecule has 2 aromatic rings. The molecule has 0 saturated heterocycles.